The Hall–Kier alpha value is -1.31. The van der Waals surface area contributed by atoms with Crippen LogP contribution in [0.15, 0.2) is 22.8 Å². The first-order valence-corrected chi connectivity index (χ1v) is 6.09. The van der Waals surface area contributed by atoms with Gasteiger partial charge < -0.3 is 4.42 Å². The highest BCUT2D eigenvalue weighted by Gasteiger charge is 2.27. The van der Waals surface area contributed by atoms with Crippen molar-refractivity contribution in [3.8, 4) is 0 Å². The van der Waals surface area contributed by atoms with Crippen LogP contribution in [-0.4, -0.2) is 4.98 Å². The Kier molecular flexibility index (Phi) is 2.57. The summed E-state index contributed by atoms with van der Waals surface area (Å²) in [7, 11) is 0. The first-order chi connectivity index (χ1) is 7.69. The van der Waals surface area contributed by atoms with E-state index in [1.165, 1.54) is 5.56 Å². The molecule has 0 aromatic carbocycles. The lowest BCUT2D eigenvalue weighted by Gasteiger charge is -2.28. The Labute approximate surface area is 103 Å². The van der Waals surface area contributed by atoms with Crippen molar-refractivity contribution in [2.75, 3.05) is 0 Å². The topological polar surface area (TPSA) is 26.0 Å². The van der Waals surface area contributed by atoms with Gasteiger partial charge in [0.05, 0.1) is 12.0 Å². The maximum atomic E-state index is 5.41. The van der Waals surface area contributed by atoms with Crippen LogP contribution in [0.25, 0.3) is 11.1 Å². The van der Waals surface area contributed by atoms with Gasteiger partial charge in [-0.3, -0.25) is 0 Å². The lowest BCUT2D eigenvalue weighted by atomic mass is 9.78. The van der Waals surface area contributed by atoms with Gasteiger partial charge >= 0.3 is 0 Å². The van der Waals surface area contributed by atoms with Crippen LogP contribution in [0.1, 0.15) is 52.8 Å². The molecule has 0 aliphatic carbocycles. The van der Waals surface area contributed by atoms with Gasteiger partial charge in [0, 0.05) is 10.8 Å². The van der Waals surface area contributed by atoms with Crippen LogP contribution < -0.4 is 0 Å². The summed E-state index contributed by atoms with van der Waals surface area (Å²) < 4.78 is 5.41. The van der Waals surface area contributed by atoms with Gasteiger partial charge in [-0.25, -0.2) is 4.98 Å². The molecule has 2 nitrogen and oxygen atoms in total. The molecule has 0 N–H and O–H groups in total. The molecule has 0 saturated carbocycles. The summed E-state index contributed by atoms with van der Waals surface area (Å²) in [5.74, 6) is 0. The molecular weight excluding hydrogens is 210 g/mol. The van der Waals surface area contributed by atoms with E-state index in [2.05, 4.69) is 47.6 Å². The average molecular weight is 231 g/mol. The monoisotopic (exact) mass is 231 g/mol. The summed E-state index contributed by atoms with van der Waals surface area (Å²) >= 11 is 0. The molecule has 2 heterocycles. The minimum absolute atomic E-state index is 0.0313. The summed E-state index contributed by atoms with van der Waals surface area (Å²) in [6.45, 7) is 13.3. The third-order valence-electron chi connectivity index (χ3n) is 2.96. The van der Waals surface area contributed by atoms with Gasteiger partial charge in [0.25, 0.3) is 0 Å². The highest BCUT2D eigenvalue weighted by atomic mass is 16.3. The summed E-state index contributed by atoms with van der Waals surface area (Å²) in [6.07, 6.45) is 1.70. The number of hydrogen-bond donors (Lipinski definition) is 0. The van der Waals surface area contributed by atoms with Crippen LogP contribution >= 0.6 is 0 Å². The van der Waals surface area contributed by atoms with Crippen molar-refractivity contribution < 1.29 is 4.42 Å². The molecule has 0 aliphatic heterocycles. The van der Waals surface area contributed by atoms with Crippen molar-refractivity contribution in [3.05, 3.63) is 29.7 Å². The molecule has 2 rings (SSSR count). The van der Waals surface area contributed by atoms with Crippen LogP contribution in [0.2, 0.25) is 0 Å². The normalized spacial score (nSPS) is 13.3. The Bertz CT molecular complexity index is 490. The number of pyridine rings is 1. The fourth-order valence-electron chi connectivity index (χ4n) is 2.04. The van der Waals surface area contributed by atoms with E-state index in [1.807, 2.05) is 6.07 Å². The maximum Gasteiger partial charge on any atom is 0.226 e. The van der Waals surface area contributed by atoms with Crippen LogP contribution in [0.3, 0.4) is 0 Å². The van der Waals surface area contributed by atoms with Gasteiger partial charge in [-0.1, -0.05) is 41.5 Å². The number of rotatable bonds is 0. The Morgan fingerprint density at radius 3 is 2.18 bits per heavy atom. The van der Waals surface area contributed by atoms with Crippen LogP contribution in [-0.2, 0) is 10.8 Å². The Morgan fingerprint density at radius 1 is 1.00 bits per heavy atom. The Morgan fingerprint density at radius 2 is 1.65 bits per heavy atom. The molecule has 0 unspecified atom stereocenters. The second-order valence-electron chi connectivity index (χ2n) is 6.70. The molecule has 0 fully saturated rings. The molecular formula is C15H21NO. The summed E-state index contributed by atoms with van der Waals surface area (Å²) in [5, 5.41) is 1.09. The average Bonchev–Trinajstić information content (AvgIpc) is 2.59. The van der Waals surface area contributed by atoms with Crippen molar-refractivity contribution in [1.82, 2.24) is 4.98 Å². The fourth-order valence-corrected chi connectivity index (χ4v) is 2.04. The maximum absolute atomic E-state index is 5.41. The van der Waals surface area contributed by atoms with Gasteiger partial charge in [-0.15, -0.1) is 0 Å². The molecule has 0 atom stereocenters. The zero-order valence-corrected chi connectivity index (χ0v) is 11.6. The second-order valence-corrected chi connectivity index (χ2v) is 6.70. The number of hydrogen-bond acceptors (Lipinski definition) is 2. The van der Waals surface area contributed by atoms with E-state index in [1.54, 1.807) is 6.26 Å². The number of fused-ring (bicyclic) bond motifs is 1. The Balaban J connectivity index is 2.78. The lowest BCUT2D eigenvalue weighted by molar-refractivity contribution is 0.509. The predicted octanol–water partition coefficient (Wildman–Crippen LogP) is 4.42. The molecule has 0 saturated heterocycles. The van der Waals surface area contributed by atoms with Crippen LogP contribution in [0.5, 0.6) is 0 Å². The molecule has 17 heavy (non-hydrogen) atoms. The molecule has 2 aromatic heterocycles. The molecule has 2 aromatic rings. The van der Waals surface area contributed by atoms with Gasteiger partial charge in [0.2, 0.25) is 5.71 Å². The van der Waals surface area contributed by atoms with Crippen molar-refractivity contribution >= 4 is 11.1 Å². The summed E-state index contributed by atoms with van der Waals surface area (Å²) in [6, 6.07) is 4.19. The highest BCUT2D eigenvalue weighted by Crippen LogP contribution is 2.34. The molecule has 92 valence electrons. The van der Waals surface area contributed by atoms with E-state index in [0.29, 0.717) is 0 Å². The third kappa shape index (κ3) is 2.21. The molecule has 0 aliphatic rings. The summed E-state index contributed by atoms with van der Waals surface area (Å²) in [4.78, 5) is 4.71. The van der Waals surface area contributed by atoms with Gasteiger partial charge in [0.15, 0.2) is 0 Å². The SMILES string of the molecule is CC(C)(C)c1cc2ccoc2nc1C(C)(C)C. The quantitative estimate of drug-likeness (QED) is 0.670. The number of nitrogens with zero attached hydrogens (tertiary/aromatic N) is 1. The molecule has 0 radical (unpaired) electrons. The van der Waals surface area contributed by atoms with E-state index >= 15 is 0 Å². The third-order valence-corrected chi connectivity index (χ3v) is 2.96. The zero-order chi connectivity index (χ0) is 12.8. The molecule has 0 amide bonds. The zero-order valence-electron chi connectivity index (χ0n) is 11.6. The van der Waals surface area contributed by atoms with E-state index in [-0.39, 0.29) is 10.8 Å². The second kappa shape index (κ2) is 3.59. The predicted molar refractivity (Wildman–Crippen MR) is 71.4 cm³/mol. The van der Waals surface area contributed by atoms with Crippen molar-refractivity contribution in [1.29, 1.82) is 0 Å². The largest absolute Gasteiger partial charge is 0.446 e. The van der Waals surface area contributed by atoms with E-state index < -0.39 is 0 Å². The first-order valence-electron chi connectivity index (χ1n) is 6.09. The fraction of sp³-hybridized carbons (Fsp3) is 0.533. The van der Waals surface area contributed by atoms with Crippen LogP contribution in [0, 0.1) is 0 Å². The van der Waals surface area contributed by atoms with Crippen molar-refractivity contribution in [2.24, 2.45) is 0 Å². The minimum Gasteiger partial charge on any atom is -0.446 e. The first kappa shape index (κ1) is 12.2. The van der Waals surface area contributed by atoms with Gasteiger partial charge in [0.1, 0.15) is 0 Å². The molecule has 0 spiro atoms. The van der Waals surface area contributed by atoms with Crippen molar-refractivity contribution in [3.63, 3.8) is 0 Å². The van der Waals surface area contributed by atoms with Gasteiger partial charge in [-0.2, -0.15) is 0 Å². The van der Waals surface area contributed by atoms with E-state index in [0.717, 1.165) is 16.8 Å². The smallest absolute Gasteiger partial charge is 0.226 e. The van der Waals surface area contributed by atoms with Gasteiger partial charge in [-0.05, 0) is 23.1 Å². The minimum atomic E-state index is 0.0313. The highest BCUT2D eigenvalue weighted by molar-refractivity contribution is 5.75. The lowest BCUT2D eigenvalue weighted by Crippen LogP contribution is -2.23. The van der Waals surface area contributed by atoms with E-state index in [4.69, 9.17) is 9.40 Å². The standard InChI is InChI=1S/C15H21NO/c1-14(2,3)11-9-10-7-8-17-13(10)16-12(11)15(4,5)6/h7-9H,1-6H3. The molecule has 0 bridgehead atoms. The van der Waals surface area contributed by atoms with E-state index in [9.17, 15) is 0 Å². The van der Waals surface area contributed by atoms with Crippen molar-refractivity contribution in [2.45, 2.75) is 52.4 Å². The number of aromatic nitrogens is 1. The summed E-state index contributed by atoms with van der Waals surface area (Å²) in [5.41, 5.74) is 3.30. The number of furan rings is 1. The van der Waals surface area contributed by atoms with Crippen LogP contribution in [0.4, 0.5) is 0 Å². The molecule has 2 heteroatoms.